The normalized spacial score (nSPS) is 10.1. The summed E-state index contributed by atoms with van der Waals surface area (Å²) >= 11 is 0. The van der Waals surface area contributed by atoms with Crippen molar-refractivity contribution in [2.24, 2.45) is 0 Å². The minimum atomic E-state index is -0.989. The first-order valence-corrected chi connectivity index (χ1v) is 8.90. The Bertz CT molecular complexity index is 922. The maximum atomic E-state index is 13.5. The van der Waals surface area contributed by atoms with E-state index >= 15 is 0 Å². The predicted octanol–water partition coefficient (Wildman–Crippen LogP) is 1.48. The van der Waals surface area contributed by atoms with Crippen LogP contribution in [0.5, 0.6) is 0 Å². The van der Waals surface area contributed by atoms with Gasteiger partial charge in [-0.25, -0.2) is 8.78 Å². The Morgan fingerprint density at radius 2 is 1.63 bits per heavy atom. The van der Waals surface area contributed by atoms with Crippen molar-refractivity contribution in [3.05, 3.63) is 71.3 Å². The standard InChI is InChI=1S/C20H19F2N3O5/c21-14-8-9-15(16(22)11-14)20(29)23-10-4-7-18(27)30-12-17(26)24-25-19(28)13-5-2-1-3-6-13/h1-3,5-6,8-9,11H,4,7,10,12H2,(H,23,29)(H,24,26)(H,25,28). The topological polar surface area (TPSA) is 114 Å². The van der Waals surface area contributed by atoms with Gasteiger partial charge in [0, 0.05) is 24.6 Å². The summed E-state index contributed by atoms with van der Waals surface area (Å²) in [4.78, 5) is 46.7. The van der Waals surface area contributed by atoms with Crippen molar-refractivity contribution in [2.75, 3.05) is 13.2 Å². The molecule has 0 heterocycles. The molecular formula is C20H19F2N3O5. The quantitative estimate of drug-likeness (QED) is 0.341. The van der Waals surface area contributed by atoms with Gasteiger partial charge in [-0.05, 0) is 30.7 Å². The Balaban J connectivity index is 1.60. The Kier molecular flexibility index (Phi) is 8.42. The number of rotatable bonds is 8. The number of halogens is 2. The fourth-order valence-corrected chi connectivity index (χ4v) is 2.25. The highest BCUT2D eigenvalue weighted by Crippen LogP contribution is 2.09. The molecule has 2 rings (SSSR count). The van der Waals surface area contributed by atoms with Crippen LogP contribution in [0.15, 0.2) is 48.5 Å². The summed E-state index contributed by atoms with van der Waals surface area (Å²) in [6.45, 7) is -0.550. The van der Waals surface area contributed by atoms with Crippen molar-refractivity contribution < 1.29 is 32.7 Å². The van der Waals surface area contributed by atoms with Gasteiger partial charge < -0.3 is 10.1 Å². The van der Waals surface area contributed by atoms with Crippen molar-refractivity contribution in [2.45, 2.75) is 12.8 Å². The third-order valence-corrected chi connectivity index (χ3v) is 3.73. The largest absolute Gasteiger partial charge is 0.455 e. The zero-order valence-corrected chi connectivity index (χ0v) is 15.7. The molecule has 0 aliphatic carbocycles. The van der Waals surface area contributed by atoms with E-state index in [1.54, 1.807) is 30.3 Å². The molecule has 0 aliphatic rings. The molecule has 2 aromatic rings. The first kappa shape index (κ1) is 22.5. The minimum absolute atomic E-state index is 0.0457. The predicted molar refractivity (Wildman–Crippen MR) is 101 cm³/mol. The highest BCUT2D eigenvalue weighted by Gasteiger charge is 2.13. The number of carbonyl (C=O) groups is 4. The number of esters is 1. The molecule has 0 bridgehead atoms. The molecular weight excluding hydrogens is 400 g/mol. The monoisotopic (exact) mass is 419 g/mol. The Labute approximate surface area is 170 Å². The molecule has 0 saturated heterocycles. The Morgan fingerprint density at radius 3 is 2.33 bits per heavy atom. The molecule has 3 N–H and O–H groups in total. The molecule has 10 heteroatoms. The number of nitrogens with one attached hydrogen (secondary N) is 3. The number of hydrogen-bond acceptors (Lipinski definition) is 5. The fourth-order valence-electron chi connectivity index (χ4n) is 2.25. The smallest absolute Gasteiger partial charge is 0.306 e. The fraction of sp³-hybridized carbons (Fsp3) is 0.200. The van der Waals surface area contributed by atoms with Crippen LogP contribution < -0.4 is 16.2 Å². The lowest BCUT2D eigenvalue weighted by Crippen LogP contribution is -2.43. The van der Waals surface area contributed by atoms with Crippen molar-refractivity contribution in [3.63, 3.8) is 0 Å². The lowest BCUT2D eigenvalue weighted by Gasteiger charge is -2.08. The van der Waals surface area contributed by atoms with E-state index in [1.807, 2.05) is 0 Å². The van der Waals surface area contributed by atoms with E-state index in [0.717, 1.165) is 12.1 Å². The van der Waals surface area contributed by atoms with Crippen LogP contribution in [0.2, 0.25) is 0 Å². The van der Waals surface area contributed by atoms with Crippen LogP contribution in [0.1, 0.15) is 33.6 Å². The van der Waals surface area contributed by atoms with Crippen molar-refractivity contribution in [1.82, 2.24) is 16.2 Å². The molecule has 0 aliphatic heterocycles. The van der Waals surface area contributed by atoms with E-state index < -0.39 is 41.9 Å². The van der Waals surface area contributed by atoms with E-state index in [2.05, 4.69) is 16.2 Å². The van der Waals surface area contributed by atoms with E-state index in [-0.39, 0.29) is 24.9 Å². The zero-order chi connectivity index (χ0) is 21.9. The van der Waals surface area contributed by atoms with Crippen LogP contribution >= 0.6 is 0 Å². The summed E-state index contributed by atoms with van der Waals surface area (Å²) in [5.41, 5.74) is 4.32. The second kappa shape index (κ2) is 11.2. The highest BCUT2D eigenvalue weighted by molar-refractivity contribution is 5.95. The van der Waals surface area contributed by atoms with Crippen LogP contribution in [0.3, 0.4) is 0 Å². The lowest BCUT2D eigenvalue weighted by atomic mass is 10.2. The molecule has 3 amide bonds. The number of carbonyl (C=O) groups excluding carboxylic acids is 4. The number of hydrazine groups is 1. The average Bonchev–Trinajstić information content (AvgIpc) is 2.74. The van der Waals surface area contributed by atoms with Crippen LogP contribution in [0.25, 0.3) is 0 Å². The van der Waals surface area contributed by atoms with Gasteiger partial charge in [0.25, 0.3) is 17.7 Å². The molecule has 0 atom stereocenters. The first-order chi connectivity index (χ1) is 14.4. The summed E-state index contributed by atoms with van der Waals surface area (Å²) in [6, 6.07) is 10.8. The van der Waals surface area contributed by atoms with Gasteiger partial charge in [-0.2, -0.15) is 0 Å². The van der Waals surface area contributed by atoms with Gasteiger partial charge in [0.05, 0.1) is 5.56 Å². The molecule has 0 spiro atoms. The SMILES string of the molecule is O=C(COC(=O)CCCNC(=O)c1ccc(F)cc1F)NNC(=O)c1ccccc1. The molecule has 0 radical (unpaired) electrons. The van der Waals surface area contributed by atoms with E-state index in [4.69, 9.17) is 4.74 Å². The molecule has 158 valence electrons. The maximum Gasteiger partial charge on any atom is 0.306 e. The molecule has 2 aromatic carbocycles. The highest BCUT2D eigenvalue weighted by atomic mass is 19.1. The average molecular weight is 419 g/mol. The van der Waals surface area contributed by atoms with Gasteiger partial charge in [0.15, 0.2) is 6.61 Å². The van der Waals surface area contributed by atoms with Gasteiger partial charge in [0.1, 0.15) is 11.6 Å². The summed E-state index contributed by atoms with van der Waals surface area (Å²) < 4.78 is 31.1. The molecule has 0 fully saturated rings. The minimum Gasteiger partial charge on any atom is -0.455 e. The number of amides is 3. The molecule has 30 heavy (non-hydrogen) atoms. The second-order valence-corrected chi connectivity index (χ2v) is 6.01. The zero-order valence-electron chi connectivity index (χ0n) is 15.7. The van der Waals surface area contributed by atoms with Crippen LogP contribution in [0.4, 0.5) is 8.78 Å². The summed E-state index contributed by atoms with van der Waals surface area (Å²) in [7, 11) is 0. The molecule has 8 nitrogen and oxygen atoms in total. The second-order valence-electron chi connectivity index (χ2n) is 6.01. The summed E-state index contributed by atoms with van der Waals surface area (Å²) in [6.07, 6.45) is 0.0790. The van der Waals surface area contributed by atoms with Crippen molar-refractivity contribution in [3.8, 4) is 0 Å². The van der Waals surface area contributed by atoms with Crippen LogP contribution in [-0.4, -0.2) is 36.8 Å². The van der Waals surface area contributed by atoms with Gasteiger partial charge >= 0.3 is 5.97 Å². The van der Waals surface area contributed by atoms with Crippen LogP contribution in [-0.2, 0) is 14.3 Å². The summed E-state index contributed by atoms with van der Waals surface area (Å²) in [5, 5.41) is 2.39. The Hall–Kier alpha value is -3.82. The van der Waals surface area contributed by atoms with Gasteiger partial charge in [-0.15, -0.1) is 0 Å². The number of ether oxygens (including phenoxy) is 1. The van der Waals surface area contributed by atoms with Gasteiger partial charge in [0.2, 0.25) is 0 Å². The van der Waals surface area contributed by atoms with Gasteiger partial charge in [-0.3, -0.25) is 30.0 Å². The first-order valence-electron chi connectivity index (χ1n) is 8.90. The van der Waals surface area contributed by atoms with Crippen LogP contribution in [0, 0.1) is 11.6 Å². The Morgan fingerprint density at radius 1 is 0.900 bits per heavy atom. The van der Waals surface area contributed by atoms with Crippen molar-refractivity contribution in [1.29, 1.82) is 0 Å². The van der Waals surface area contributed by atoms with E-state index in [1.165, 1.54) is 0 Å². The van der Waals surface area contributed by atoms with E-state index in [0.29, 0.717) is 11.6 Å². The molecule has 0 aromatic heterocycles. The lowest BCUT2D eigenvalue weighted by molar-refractivity contribution is -0.148. The number of hydrogen-bond donors (Lipinski definition) is 3. The van der Waals surface area contributed by atoms with Crippen molar-refractivity contribution >= 4 is 23.7 Å². The third kappa shape index (κ3) is 7.30. The molecule has 0 unspecified atom stereocenters. The van der Waals surface area contributed by atoms with Gasteiger partial charge in [-0.1, -0.05) is 18.2 Å². The third-order valence-electron chi connectivity index (χ3n) is 3.73. The van der Waals surface area contributed by atoms with E-state index in [9.17, 15) is 28.0 Å². The number of benzene rings is 2. The summed E-state index contributed by atoms with van der Waals surface area (Å²) in [5.74, 6) is -4.47. The maximum absolute atomic E-state index is 13.5. The molecule has 0 saturated carbocycles.